The lowest BCUT2D eigenvalue weighted by atomic mass is 9.88. The van der Waals surface area contributed by atoms with E-state index in [1.807, 2.05) is 26.0 Å². The number of aromatic nitrogens is 3. The summed E-state index contributed by atoms with van der Waals surface area (Å²) in [6.07, 6.45) is 5.70. The molecule has 1 aromatic rings. The number of fused-ring (bicyclic) bond motifs is 2. The minimum Gasteiger partial charge on any atom is -0.357 e. The summed E-state index contributed by atoms with van der Waals surface area (Å²) in [6, 6.07) is 0. The van der Waals surface area contributed by atoms with Gasteiger partial charge in [-0.1, -0.05) is 6.42 Å². The van der Waals surface area contributed by atoms with Crippen LogP contribution < -0.4 is 15.1 Å². The maximum Gasteiger partial charge on any atom is 0.231 e. The second kappa shape index (κ2) is 5.66. The minimum absolute atomic E-state index is 0.628. The highest BCUT2D eigenvalue weighted by atomic mass is 15.3. The maximum absolute atomic E-state index is 4.57. The quantitative estimate of drug-likeness (QED) is 0.893. The molecule has 0 saturated heterocycles. The molecule has 0 aliphatic heterocycles. The molecule has 3 unspecified atom stereocenters. The second-order valence-corrected chi connectivity index (χ2v) is 6.72. The zero-order valence-corrected chi connectivity index (χ0v) is 13.5. The summed E-state index contributed by atoms with van der Waals surface area (Å²) in [6.45, 7) is 1.06. The van der Waals surface area contributed by atoms with E-state index in [-0.39, 0.29) is 0 Å². The zero-order valence-electron chi connectivity index (χ0n) is 13.5. The normalized spacial score (nSPS) is 27.0. The lowest BCUT2D eigenvalue weighted by molar-refractivity contribution is 0.336. The number of nitrogens with one attached hydrogen (secondary N) is 1. The van der Waals surface area contributed by atoms with Gasteiger partial charge in [-0.2, -0.15) is 15.0 Å². The van der Waals surface area contributed by atoms with Gasteiger partial charge in [0.1, 0.15) is 0 Å². The van der Waals surface area contributed by atoms with Crippen LogP contribution >= 0.6 is 0 Å². The molecular formula is C15H26N6. The summed E-state index contributed by atoms with van der Waals surface area (Å²) >= 11 is 0. The summed E-state index contributed by atoms with van der Waals surface area (Å²) in [5.74, 6) is 4.81. The second-order valence-electron chi connectivity index (χ2n) is 6.72. The molecule has 1 aromatic heterocycles. The number of anilines is 3. The van der Waals surface area contributed by atoms with E-state index in [2.05, 4.69) is 32.2 Å². The van der Waals surface area contributed by atoms with E-state index in [0.29, 0.717) is 11.9 Å². The highest BCUT2D eigenvalue weighted by molar-refractivity contribution is 5.43. The Hall–Kier alpha value is -1.59. The third kappa shape index (κ3) is 2.89. The van der Waals surface area contributed by atoms with Gasteiger partial charge in [-0.3, -0.25) is 0 Å². The van der Waals surface area contributed by atoms with Gasteiger partial charge >= 0.3 is 0 Å². The van der Waals surface area contributed by atoms with E-state index >= 15 is 0 Å². The Balaban J connectivity index is 1.74. The Morgan fingerprint density at radius 1 is 1.05 bits per heavy atom. The minimum atomic E-state index is 0.628. The summed E-state index contributed by atoms with van der Waals surface area (Å²) in [4.78, 5) is 17.6. The summed E-state index contributed by atoms with van der Waals surface area (Å²) in [5.41, 5.74) is 0. The molecule has 3 atom stereocenters. The fourth-order valence-electron chi connectivity index (χ4n) is 3.87. The molecule has 6 nitrogen and oxygen atoms in total. The van der Waals surface area contributed by atoms with E-state index in [4.69, 9.17) is 0 Å². The molecule has 116 valence electrons. The van der Waals surface area contributed by atoms with Gasteiger partial charge in [0.15, 0.2) is 0 Å². The third-order valence-electron chi connectivity index (χ3n) is 4.97. The smallest absolute Gasteiger partial charge is 0.231 e. The van der Waals surface area contributed by atoms with Crippen molar-refractivity contribution in [2.75, 3.05) is 49.9 Å². The van der Waals surface area contributed by atoms with Gasteiger partial charge in [0.05, 0.1) is 0 Å². The molecule has 2 bridgehead atoms. The van der Waals surface area contributed by atoms with Gasteiger partial charge in [-0.15, -0.1) is 0 Å². The molecule has 2 aliphatic carbocycles. The summed E-state index contributed by atoms with van der Waals surface area (Å²) in [5, 5.41) is 3.02. The van der Waals surface area contributed by atoms with Crippen molar-refractivity contribution in [3.05, 3.63) is 0 Å². The fraction of sp³-hybridized carbons (Fsp3) is 0.800. The number of nitrogens with zero attached hydrogens (tertiary/aromatic N) is 5. The van der Waals surface area contributed by atoms with Gasteiger partial charge < -0.3 is 15.1 Å². The van der Waals surface area contributed by atoms with E-state index in [9.17, 15) is 0 Å². The van der Waals surface area contributed by atoms with Crippen LogP contribution in [0, 0.1) is 17.8 Å². The van der Waals surface area contributed by atoms with Crippen LogP contribution in [0.4, 0.5) is 17.8 Å². The average molecular weight is 290 g/mol. The Morgan fingerprint density at radius 3 is 2.38 bits per heavy atom. The largest absolute Gasteiger partial charge is 0.357 e. The number of hydrogen-bond acceptors (Lipinski definition) is 6. The highest BCUT2D eigenvalue weighted by Crippen LogP contribution is 2.48. The van der Waals surface area contributed by atoms with Crippen LogP contribution in [0.1, 0.15) is 25.7 Å². The SMILES string of the molecule is CNc1nc(N(C)C)nc(N(C)CC2CC3CCC2C3)n1. The molecule has 2 saturated carbocycles. The van der Waals surface area contributed by atoms with Crippen LogP contribution in [-0.4, -0.2) is 49.7 Å². The van der Waals surface area contributed by atoms with Gasteiger partial charge in [0.25, 0.3) is 0 Å². The summed E-state index contributed by atoms with van der Waals surface area (Å²) < 4.78 is 0. The fourth-order valence-corrected chi connectivity index (χ4v) is 3.87. The Bertz CT molecular complexity index is 503. The lowest BCUT2D eigenvalue weighted by Gasteiger charge is -2.27. The molecular weight excluding hydrogens is 264 g/mol. The van der Waals surface area contributed by atoms with Crippen LogP contribution in [0.5, 0.6) is 0 Å². The van der Waals surface area contributed by atoms with Crippen LogP contribution in [0.3, 0.4) is 0 Å². The van der Waals surface area contributed by atoms with Crippen LogP contribution in [0.25, 0.3) is 0 Å². The first kappa shape index (κ1) is 14.4. The molecule has 2 aliphatic rings. The predicted molar refractivity (Wildman–Crippen MR) is 85.9 cm³/mol. The van der Waals surface area contributed by atoms with Crippen LogP contribution in [0.15, 0.2) is 0 Å². The molecule has 6 heteroatoms. The Morgan fingerprint density at radius 2 is 1.81 bits per heavy atom. The van der Waals surface area contributed by atoms with Gasteiger partial charge in [0.2, 0.25) is 17.8 Å². The van der Waals surface area contributed by atoms with Crippen LogP contribution in [-0.2, 0) is 0 Å². The van der Waals surface area contributed by atoms with Crippen molar-refractivity contribution in [1.82, 2.24) is 15.0 Å². The van der Waals surface area contributed by atoms with E-state index in [1.165, 1.54) is 25.7 Å². The zero-order chi connectivity index (χ0) is 15.0. The number of rotatable bonds is 5. The van der Waals surface area contributed by atoms with Crippen molar-refractivity contribution >= 4 is 17.8 Å². The molecule has 0 radical (unpaired) electrons. The first-order valence-corrected chi connectivity index (χ1v) is 7.89. The van der Waals surface area contributed by atoms with Crippen molar-refractivity contribution in [3.8, 4) is 0 Å². The maximum atomic E-state index is 4.57. The molecule has 0 amide bonds. The topological polar surface area (TPSA) is 57.2 Å². The van der Waals surface area contributed by atoms with E-state index < -0.39 is 0 Å². The molecule has 1 N–H and O–H groups in total. The van der Waals surface area contributed by atoms with Gasteiger partial charge in [0, 0.05) is 34.7 Å². The summed E-state index contributed by atoms with van der Waals surface area (Å²) in [7, 11) is 7.84. The van der Waals surface area contributed by atoms with Crippen molar-refractivity contribution in [2.24, 2.45) is 17.8 Å². The van der Waals surface area contributed by atoms with Gasteiger partial charge in [-0.05, 0) is 37.0 Å². The van der Waals surface area contributed by atoms with Crippen molar-refractivity contribution < 1.29 is 0 Å². The molecule has 0 aromatic carbocycles. The Labute approximate surface area is 127 Å². The first-order valence-electron chi connectivity index (χ1n) is 7.89. The van der Waals surface area contributed by atoms with Crippen LogP contribution in [0.2, 0.25) is 0 Å². The molecule has 1 heterocycles. The Kier molecular flexibility index (Phi) is 3.87. The highest BCUT2D eigenvalue weighted by Gasteiger charge is 2.39. The van der Waals surface area contributed by atoms with Crippen molar-refractivity contribution in [1.29, 1.82) is 0 Å². The number of hydrogen-bond donors (Lipinski definition) is 1. The monoisotopic (exact) mass is 290 g/mol. The molecule has 21 heavy (non-hydrogen) atoms. The first-order chi connectivity index (χ1) is 10.1. The lowest BCUT2D eigenvalue weighted by Crippen LogP contribution is -2.30. The standard InChI is InChI=1S/C15H26N6/c1-16-13-17-14(20(2)3)19-15(18-13)21(4)9-12-8-10-5-6-11(12)7-10/h10-12H,5-9H2,1-4H3,(H,16,17,18,19). The van der Waals surface area contributed by atoms with Gasteiger partial charge in [-0.25, -0.2) is 0 Å². The third-order valence-corrected chi connectivity index (χ3v) is 4.97. The average Bonchev–Trinajstić information content (AvgIpc) is 3.09. The van der Waals surface area contributed by atoms with E-state index in [1.54, 1.807) is 0 Å². The molecule has 2 fully saturated rings. The molecule has 3 rings (SSSR count). The van der Waals surface area contributed by atoms with Crippen molar-refractivity contribution in [3.63, 3.8) is 0 Å². The van der Waals surface area contributed by atoms with E-state index in [0.717, 1.165) is 30.2 Å². The van der Waals surface area contributed by atoms with Crippen molar-refractivity contribution in [2.45, 2.75) is 25.7 Å². The molecule has 0 spiro atoms. The predicted octanol–water partition coefficient (Wildman–Crippen LogP) is 1.85.